The van der Waals surface area contributed by atoms with Gasteiger partial charge in [-0.15, -0.1) is 0 Å². The molecule has 0 aliphatic rings. The molecule has 2 amide bonds. The second-order valence-corrected chi connectivity index (χ2v) is 5.83. The Kier molecular flexibility index (Phi) is 5.74. The zero-order valence-electron chi connectivity index (χ0n) is 14.7. The van der Waals surface area contributed by atoms with Crippen LogP contribution in [0.4, 0.5) is 5.69 Å². The number of benzene rings is 2. The highest BCUT2D eigenvalue weighted by Gasteiger charge is 2.23. The van der Waals surface area contributed by atoms with Crippen molar-refractivity contribution in [2.75, 3.05) is 19.0 Å². The molecule has 1 atom stereocenters. The van der Waals surface area contributed by atoms with E-state index in [1.165, 1.54) is 0 Å². The van der Waals surface area contributed by atoms with E-state index in [0.29, 0.717) is 17.7 Å². The van der Waals surface area contributed by atoms with Gasteiger partial charge in [0.25, 0.3) is 5.91 Å². The molecule has 24 heavy (non-hydrogen) atoms. The highest BCUT2D eigenvalue weighted by atomic mass is 16.2. The fraction of sp³-hybridized carbons (Fsp3) is 0.300. The van der Waals surface area contributed by atoms with Crippen LogP contribution in [-0.4, -0.2) is 30.8 Å². The Balaban J connectivity index is 2.31. The van der Waals surface area contributed by atoms with Crippen LogP contribution in [0.15, 0.2) is 54.6 Å². The van der Waals surface area contributed by atoms with Crippen molar-refractivity contribution in [1.82, 2.24) is 4.90 Å². The summed E-state index contributed by atoms with van der Waals surface area (Å²) in [5.74, 6) is -0.119. The summed E-state index contributed by atoms with van der Waals surface area (Å²) in [6.45, 7) is 3.81. The Labute approximate surface area is 143 Å². The Morgan fingerprint density at radius 1 is 0.958 bits per heavy atom. The van der Waals surface area contributed by atoms with Gasteiger partial charge in [-0.3, -0.25) is 9.59 Å². The number of carbonyl (C=O) groups excluding carboxylic acids is 2. The fourth-order valence-electron chi connectivity index (χ4n) is 2.64. The second-order valence-electron chi connectivity index (χ2n) is 5.83. The smallest absolute Gasteiger partial charge is 0.256 e. The maximum Gasteiger partial charge on any atom is 0.256 e. The summed E-state index contributed by atoms with van der Waals surface area (Å²) in [6, 6.07) is 17.1. The third kappa shape index (κ3) is 3.65. The summed E-state index contributed by atoms with van der Waals surface area (Å²) in [7, 11) is 3.50. The minimum absolute atomic E-state index is 0.0194. The number of hydrogen-bond donors (Lipinski definition) is 0. The van der Waals surface area contributed by atoms with Crippen molar-refractivity contribution < 1.29 is 9.59 Å². The van der Waals surface area contributed by atoms with Crippen molar-refractivity contribution in [3.05, 3.63) is 65.7 Å². The standard InChI is InChI=1S/C20H24N2O2/c1-5-19(23)22(4)18-14-10-9-13-17(18)20(24)21(3)15(2)16-11-7-6-8-12-16/h6-15H,5H2,1-4H3/t15-/m0/s1. The van der Waals surface area contributed by atoms with E-state index in [1.54, 1.807) is 30.0 Å². The zero-order valence-corrected chi connectivity index (χ0v) is 14.7. The van der Waals surface area contributed by atoms with E-state index in [9.17, 15) is 9.59 Å². The number of para-hydroxylation sites is 1. The van der Waals surface area contributed by atoms with Gasteiger partial charge in [0.15, 0.2) is 0 Å². The van der Waals surface area contributed by atoms with Gasteiger partial charge >= 0.3 is 0 Å². The van der Waals surface area contributed by atoms with Gasteiger partial charge in [-0.05, 0) is 24.6 Å². The van der Waals surface area contributed by atoms with Gasteiger partial charge < -0.3 is 9.80 Å². The molecule has 0 radical (unpaired) electrons. The first kappa shape index (κ1) is 17.7. The maximum absolute atomic E-state index is 13.0. The molecule has 0 saturated carbocycles. The van der Waals surface area contributed by atoms with Gasteiger partial charge in [0.2, 0.25) is 5.91 Å². The highest BCUT2D eigenvalue weighted by molar-refractivity contribution is 6.04. The fourth-order valence-corrected chi connectivity index (χ4v) is 2.64. The molecule has 0 fully saturated rings. The molecule has 0 saturated heterocycles. The van der Waals surface area contributed by atoms with Gasteiger partial charge in [-0.2, -0.15) is 0 Å². The van der Waals surface area contributed by atoms with E-state index in [1.807, 2.05) is 62.4 Å². The molecule has 0 unspecified atom stereocenters. The Morgan fingerprint density at radius 3 is 2.17 bits per heavy atom. The first-order valence-corrected chi connectivity index (χ1v) is 8.15. The molecule has 2 rings (SSSR count). The van der Waals surface area contributed by atoms with Crippen molar-refractivity contribution >= 4 is 17.5 Å². The maximum atomic E-state index is 13.0. The molecule has 4 heteroatoms. The molecular formula is C20H24N2O2. The molecule has 0 bridgehead atoms. The quantitative estimate of drug-likeness (QED) is 0.837. The lowest BCUT2D eigenvalue weighted by atomic mass is 10.1. The topological polar surface area (TPSA) is 40.6 Å². The first-order chi connectivity index (χ1) is 11.5. The first-order valence-electron chi connectivity index (χ1n) is 8.15. The monoisotopic (exact) mass is 324 g/mol. The van der Waals surface area contributed by atoms with Gasteiger partial charge in [0, 0.05) is 20.5 Å². The van der Waals surface area contributed by atoms with Crippen LogP contribution in [0.25, 0.3) is 0 Å². The summed E-state index contributed by atoms with van der Waals surface area (Å²) < 4.78 is 0. The van der Waals surface area contributed by atoms with E-state index in [0.717, 1.165) is 5.56 Å². The van der Waals surface area contributed by atoms with Crippen LogP contribution in [-0.2, 0) is 4.79 Å². The molecular weight excluding hydrogens is 300 g/mol. The summed E-state index contributed by atoms with van der Waals surface area (Å²) in [6.07, 6.45) is 0.398. The molecule has 0 heterocycles. The summed E-state index contributed by atoms with van der Waals surface area (Å²) in [5.41, 5.74) is 2.25. The van der Waals surface area contributed by atoms with Crippen molar-refractivity contribution in [2.45, 2.75) is 26.3 Å². The molecule has 2 aromatic rings. The van der Waals surface area contributed by atoms with Crippen LogP contribution in [0.1, 0.15) is 42.2 Å². The highest BCUT2D eigenvalue weighted by Crippen LogP contribution is 2.25. The Bertz CT molecular complexity index is 713. The van der Waals surface area contributed by atoms with E-state index in [-0.39, 0.29) is 17.9 Å². The SMILES string of the molecule is CCC(=O)N(C)c1ccccc1C(=O)N(C)[C@@H](C)c1ccccc1. The second kappa shape index (κ2) is 7.77. The van der Waals surface area contributed by atoms with E-state index in [2.05, 4.69) is 0 Å². The van der Waals surface area contributed by atoms with Crippen molar-refractivity contribution in [2.24, 2.45) is 0 Å². The molecule has 0 spiro atoms. The molecule has 126 valence electrons. The molecule has 0 aliphatic heterocycles. The van der Waals surface area contributed by atoms with Gasteiger partial charge in [-0.1, -0.05) is 49.4 Å². The predicted octanol–water partition coefficient (Wildman–Crippen LogP) is 3.89. The lowest BCUT2D eigenvalue weighted by Gasteiger charge is -2.28. The lowest BCUT2D eigenvalue weighted by molar-refractivity contribution is -0.118. The lowest BCUT2D eigenvalue weighted by Crippen LogP contribution is -2.33. The van der Waals surface area contributed by atoms with Crippen LogP contribution in [0.3, 0.4) is 0 Å². The normalized spacial score (nSPS) is 11.7. The molecule has 2 aromatic carbocycles. The summed E-state index contributed by atoms with van der Waals surface area (Å²) in [4.78, 5) is 28.3. The zero-order chi connectivity index (χ0) is 17.7. The largest absolute Gasteiger partial charge is 0.335 e. The van der Waals surface area contributed by atoms with Crippen LogP contribution in [0.2, 0.25) is 0 Å². The van der Waals surface area contributed by atoms with Crippen molar-refractivity contribution in [3.63, 3.8) is 0 Å². The number of hydrogen-bond acceptors (Lipinski definition) is 2. The van der Waals surface area contributed by atoms with Crippen LogP contribution in [0, 0.1) is 0 Å². The summed E-state index contributed by atoms with van der Waals surface area (Å²) in [5, 5.41) is 0. The average molecular weight is 324 g/mol. The van der Waals surface area contributed by atoms with Crippen molar-refractivity contribution in [3.8, 4) is 0 Å². The van der Waals surface area contributed by atoms with Gasteiger partial charge in [0.1, 0.15) is 0 Å². The van der Waals surface area contributed by atoms with Gasteiger partial charge in [0.05, 0.1) is 17.3 Å². The molecule has 0 aliphatic carbocycles. The third-order valence-corrected chi connectivity index (χ3v) is 4.36. The number of anilines is 1. The minimum atomic E-state index is -0.0993. The van der Waals surface area contributed by atoms with Crippen molar-refractivity contribution in [1.29, 1.82) is 0 Å². The summed E-state index contributed by atoms with van der Waals surface area (Å²) >= 11 is 0. The predicted molar refractivity (Wildman–Crippen MR) is 97.1 cm³/mol. The van der Waals surface area contributed by atoms with E-state index >= 15 is 0 Å². The third-order valence-electron chi connectivity index (χ3n) is 4.36. The number of amides is 2. The van der Waals surface area contributed by atoms with Crippen LogP contribution in [0.5, 0.6) is 0 Å². The molecule has 0 aromatic heterocycles. The minimum Gasteiger partial charge on any atom is -0.335 e. The number of carbonyl (C=O) groups is 2. The average Bonchev–Trinajstić information content (AvgIpc) is 2.65. The molecule has 0 N–H and O–H groups in total. The van der Waals surface area contributed by atoms with E-state index in [4.69, 9.17) is 0 Å². The van der Waals surface area contributed by atoms with Gasteiger partial charge in [-0.25, -0.2) is 0 Å². The van der Waals surface area contributed by atoms with E-state index < -0.39 is 0 Å². The Hall–Kier alpha value is -2.62. The Morgan fingerprint density at radius 2 is 1.54 bits per heavy atom. The molecule has 4 nitrogen and oxygen atoms in total. The number of rotatable bonds is 5. The van der Waals surface area contributed by atoms with Crippen LogP contribution < -0.4 is 4.90 Å². The number of nitrogens with zero attached hydrogens (tertiary/aromatic N) is 2. The van der Waals surface area contributed by atoms with Crippen LogP contribution >= 0.6 is 0 Å².